The van der Waals surface area contributed by atoms with Crippen LogP contribution in [0.4, 0.5) is 5.69 Å². The topological polar surface area (TPSA) is 34.0 Å². The van der Waals surface area contributed by atoms with Gasteiger partial charge in [0.15, 0.2) is 5.43 Å². The van der Waals surface area contributed by atoms with E-state index >= 15 is 0 Å². The lowest BCUT2D eigenvalue weighted by Gasteiger charge is -2.22. The quantitative estimate of drug-likeness (QED) is 0.516. The summed E-state index contributed by atoms with van der Waals surface area (Å²) in [5.41, 5.74) is 6.62. The minimum atomic E-state index is 0.0405. The molecule has 0 amide bonds. The molecule has 3 heteroatoms. The van der Waals surface area contributed by atoms with Crippen LogP contribution < -0.4 is 10.7 Å². The highest BCUT2D eigenvalue weighted by atomic mass is 16.1. The van der Waals surface area contributed by atoms with Gasteiger partial charge in [-0.05, 0) is 36.2 Å². The fourth-order valence-corrected chi connectivity index (χ4v) is 3.53. The molecule has 4 aromatic rings. The van der Waals surface area contributed by atoms with Gasteiger partial charge in [-0.1, -0.05) is 66.7 Å². The zero-order valence-electron chi connectivity index (χ0n) is 16.0. The Bertz CT molecular complexity index is 1160. The van der Waals surface area contributed by atoms with Gasteiger partial charge in [-0.15, -0.1) is 0 Å². The summed E-state index contributed by atoms with van der Waals surface area (Å²) in [5.74, 6) is 0. The van der Waals surface area contributed by atoms with Crippen LogP contribution in [0.2, 0.25) is 0 Å². The highest BCUT2D eigenvalue weighted by Crippen LogP contribution is 2.32. The first-order chi connectivity index (χ1) is 13.7. The normalized spacial score (nSPS) is 10.6. The van der Waals surface area contributed by atoms with Crippen molar-refractivity contribution in [3.05, 3.63) is 107 Å². The summed E-state index contributed by atoms with van der Waals surface area (Å²) in [6.07, 6.45) is 0. The standard InChI is InChI=1S/C25H22N2O/c1-18-24(28)17-23(19-10-5-3-6-11-19)27(22-15-9-14-21(16-22)26-2)25(18)20-12-7-4-8-13-20/h3-17,26H,1-2H3. The van der Waals surface area contributed by atoms with Crippen LogP contribution in [0.15, 0.2) is 95.8 Å². The monoisotopic (exact) mass is 366 g/mol. The molecule has 4 rings (SSSR count). The van der Waals surface area contributed by atoms with E-state index in [4.69, 9.17) is 0 Å². The predicted molar refractivity (Wildman–Crippen MR) is 117 cm³/mol. The molecule has 28 heavy (non-hydrogen) atoms. The molecule has 0 radical (unpaired) electrons. The Morgan fingerprint density at radius 3 is 2.04 bits per heavy atom. The fourth-order valence-electron chi connectivity index (χ4n) is 3.53. The number of hydrogen-bond donors (Lipinski definition) is 1. The van der Waals surface area contributed by atoms with Crippen molar-refractivity contribution in [2.75, 3.05) is 12.4 Å². The number of benzene rings is 3. The molecule has 138 valence electrons. The number of nitrogens with zero attached hydrogens (tertiary/aromatic N) is 1. The Morgan fingerprint density at radius 1 is 0.750 bits per heavy atom. The van der Waals surface area contributed by atoms with Gasteiger partial charge in [0.2, 0.25) is 0 Å². The second-order valence-electron chi connectivity index (χ2n) is 6.74. The molecule has 1 aromatic heterocycles. The molecule has 0 fully saturated rings. The first-order valence-corrected chi connectivity index (χ1v) is 9.35. The number of nitrogens with one attached hydrogen (secondary N) is 1. The van der Waals surface area contributed by atoms with Gasteiger partial charge in [0.05, 0.1) is 11.4 Å². The number of aromatic nitrogens is 1. The molecule has 0 spiro atoms. The molecule has 0 atom stereocenters. The first kappa shape index (κ1) is 17.8. The molecule has 1 heterocycles. The number of rotatable bonds is 4. The average Bonchev–Trinajstić information content (AvgIpc) is 2.76. The lowest BCUT2D eigenvalue weighted by molar-refractivity contribution is 1.04. The summed E-state index contributed by atoms with van der Waals surface area (Å²) in [5, 5.41) is 3.21. The van der Waals surface area contributed by atoms with E-state index in [1.165, 1.54) is 0 Å². The van der Waals surface area contributed by atoms with E-state index in [9.17, 15) is 4.79 Å². The summed E-state index contributed by atoms with van der Waals surface area (Å²) in [6, 6.07) is 30.1. The van der Waals surface area contributed by atoms with Gasteiger partial charge in [-0.3, -0.25) is 4.79 Å². The molecule has 0 saturated carbocycles. The molecule has 0 aliphatic rings. The predicted octanol–water partition coefficient (Wildman–Crippen LogP) is 5.52. The third-order valence-electron chi connectivity index (χ3n) is 4.97. The number of anilines is 1. The van der Waals surface area contributed by atoms with Crippen molar-refractivity contribution >= 4 is 5.69 Å². The molecular weight excluding hydrogens is 344 g/mol. The van der Waals surface area contributed by atoms with Crippen molar-refractivity contribution in [1.82, 2.24) is 4.57 Å². The van der Waals surface area contributed by atoms with Crippen molar-refractivity contribution in [2.24, 2.45) is 0 Å². The summed E-state index contributed by atoms with van der Waals surface area (Å²) >= 11 is 0. The van der Waals surface area contributed by atoms with Gasteiger partial charge in [-0.25, -0.2) is 0 Å². The Kier molecular flexibility index (Phi) is 4.81. The average molecular weight is 366 g/mol. The summed E-state index contributed by atoms with van der Waals surface area (Å²) in [4.78, 5) is 12.9. The minimum absolute atomic E-state index is 0.0405. The molecule has 0 aliphatic heterocycles. The smallest absolute Gasteiger partial charge is 0.185 e. The maximum atomic E-state index is 12.9. The van der Waals surface area contributed by atoms with Crippen LogP contribution in [0.5, 0.6) is 0 Å². The van der Waals surface area contributed by atoms with Gasteiger partial charge >= 0.3 is 0 Å². The summed E-state index contributed by atoms with van der Waals surface area (Å²) < 4.78 is 2.18. The van der Waals surface area contributed by atoms with Crippen molar-refractivity contribution in [3.63, 3.8) is 0 Å². The van der Waals surface area contributed by atoms with Crippen LogP contribution in [-0.4, -0.2) is 11.6 Å². The van der Waals surface area contributed by atoms with Crippen LogP contribution in [0, 0.1) is 6.92 Å². The van der Waals surface area contributed by atoms with Crippen molar-refractivity contribution < 1.29 is 0 Å². The maximum absolute atomic E-state index is 12.9. The highest BCUT2D eigenvalue weighted by Gasteiger charge is 2.17. The van der Waals surface area contributed by atoms with Crippen LogP contribution in [0.3, 0.4) is 0 Å². The summed E-state index contributed by atoms with van der Waals surface area (Å²) in [6.45, 7) is 1.90. The molecule has 1 N–H and O–H groups in total. The van der Waals surface area contributed by atoms with E-state index in [0.29, 0.717) is 0 Å². The fraction of sp³-hybridized carbons (Fsp3) is 0.0800. The van der Waals surface area contributed by atoms with Gasteiger partial charge < -0.3 is 9.88 Å². The van der Waals surface area contributed by atoms with Crippen LogP contribution in [-0.2, 0) is 0 Å². The van der Waals surface area contributed by atoms with Crippen LogP contribution in [0.1, 0.15) is 5.56 Å². The second kappa shape index (κ2) is 7.57. The minimum Gasteiger partial charge on any atom is -0.388 e. The molecule has 0 aliphatic carbocycles. The highest BCUT2D eigenvalue weighted by molar-refractivity contribution is 5.74. The molecule has 3 nitrogen and oxygen atoms in total. The number of pyridine rings is 1. The van der Waals surface area contributed by atoms with E-state index in [1.54, 1.807) is 6.07 Å². The summed E-state index contributed by atoms with van der Waals surface area (Å²) in [7, 11) is 1.91. The van der Waals surface area contributed by atoms with E-state index in [0.717, 1.165) is 39.5 Å². The third-order valence-corrected chi connectivity index (χ3v) is 4.97. The van der Waals surface area contributed by atoms with E-state index in [2.05, 4.69) is 34.1 Å². The van der Waals surface area contributed by atoms with E-state index in [-0.39, 0.29) is 5.43 Å². The number of hydrogen-bond acceptors (Lipinski definition) is 2. The Labute approximate surface area is 164 Å². The van der Waals surface area contributed by atoms with E-state index < -0.39 is 0 Å². The molecule has 0 bridgehead atoms. The Hall–Kier alpha value is -3.59. The van der Waals surface area contributed by atoms with Gasteiger partial charge in [0.1, 0.15) is 0 Å². The van der Waals surface area contributed by atoms with Gasteiger partial charge in [0.25, 0.3) is 0 Å². The third kappa shape index (κ3) is 3.23. The van der Waals surface area contributed by atoms with Crippen LogP contribution >= 0.6 is 0 Å². The zero-order valence-corrected chi connectivity index (χ0v) is 16.0. The molecule has 0 saturated heterocycles. The Morgan fingerprint density at radius 2 is 1.39 bits per heavy atom. The van der Waals surface area contributed by atoms with Crippen molar-refractivity contribution in [3.8, 4) is 28.2 Å². The largest absolute Gasteiger partial charge is 0.388 e. The molecule has 3 aromatic carbocycles. The van der Waals surface area contributed by atoms with Gasteiger partial charge in [-0.2, -0.15) is 0 Å². The Balaban J connectivity index is 2.13. The SMILES string of the molecule is CNc1cccc(-n2c(-c3ccccc3)cc(=O)c(C)c2-c2ccccc2)c1. The lowest BCUT2D eigenvalue weighted by atomic mass is 10.0. The maximum Gasteiger partial charge on any atom is 0.185 e. The van der Waals surface area contributed by atoms with Crippen molar-refractivity contribution in [2.45, 2.75) is 6.92 Å². The van der Waals surface area contributed by atoms with Crippen LogP contribution in [0.25, 0.3) is 28.2 Å². The lowest BCUT2D eigenvalue weighted by Crippen LogP contribution is -2.15. The molecule has 0 unspecified atom stereocenters. The van der Waals surface area contributed by atoms with Crippen molar-refractivity contribution in [1.29, 1.82) is 0 Å². The first-order valence-electron chi connectivity index (χ1n) is 9.35. The second-order valence-corrected chi connectivity index (χ2v) is 6.74. The molecular formula is C25H22N2O. The zero-order chi connectivity index (χ0) is 19.5. The van der Waals surface area contributed by atoms with E-state index in [1.807, 2.05) is 74.6 Å². The van der Waals surface area contributed by atoms with Gasteiger partial charge in [0, 0.05) is 30.1 Å².